The van der Waals surface area contributed by atoms with Gasteiger partial charge in [-0.1, -0.05) is 6.07 Å². The summed E-state index contributed by atoms with van der Waals surface area (Å²) in [5.41, 5.74) is 0. The summed E-state index contributed by atoms with van der Waals surface area (Å²) >= 11 is 0. The van der Waals surface area contributed by atoms with Crippen LogP contribution in [0.2, 0.25) is 0 Å². The Morgan fingerprint density at radius 3 is 2.95 bits per heavy atom. The second-order valence-electron chi connectivity index (χ2n) is 4.66. The molecule has 112 valence electrons. The molecule has 1 atom stereocenters. The molecule has 0 aliphatic carbocycles. The first-order valence-corrected chi connectivity index (χ1v) is 7.91. The highest BCUT2D eigenvalue weighted by atomic mass is 32.2. The van der Waals surface area contributed by atoms with Crippen molar-refractivity contribution in [2.75, 3.05) is 40.4 Å². The van der Waals surface area contributed by atoms with Gasteiger partial charge in [0.25, 0.3) is 0 Å². The summed E-state index contributed by atoms with van der Waals surface area (Å²) in [5, 5.41) is 3.18. The van der Waals surface area contributed by atoms with E-state index in [9.17, 15) is 8.42 Å². The van der Waals surface area contributed by atoms with Gasteiger partial charge in [-0.05, 0) is 12.1 Å². The molecule has 2 rings (SSSR count). The van der Waals surface area contributed by atoms with Gasteiger partial charge in [0.05, 0.1) is 24.7 Å². The molecule has 0 aromatic heterocycles. The molecular formula is C13H20N2O4S. The predicted molar refractivity (Wildman–Crippen MR) is 75.4 cm³/mol. The molecule has 7 heteroatoms. The highest BCUT2D eigenvalue weighted by Crippen LogP contribution is 2.20. The standard InChI is InChI=1S/C13H20N2O4S/c1-15(10-12-9-14-6-7-19-12)20(16,17)13-5-3-4-11(8-13)18-2/h3-5,8,12,14H,6-7,9-10H2,1-2H3. The molecule has 1 aliphatic rings. The van der Waals surface area contributed by atoms with E-state index in [0.29, 0.717) is 25.4 Å². The van der Waals surface area contributed by atoms with Crippen molar-refractivity contribution in [3.05, 3.63) is 24.3 Å². The first-order chi connectivity index (χ1) is 9.54. The van der Waals surface area contributed by atoms with E-state index in [1.165, 1.54) is 17.5 Å². The van der Waals surface area contributed by atoms with Crippen molar-refractivity contribution < 1.29 is 17.9 Å². The molecule has 1 aromatic carbocycles. The van der Waals surface area contributed by atoms with E-state index in [4.69, 9.17) is 9.47 Å². The Morgan fingerprint density at radius 1 is 1.50 bits per heavy atom. The van der Waals surface area contributed by atoms with Crippen LogP contribution in [0.15, 0.2) is 29.2 Å². The highest BCUT2D eigenvalue weighted by molar-refractivity contribution is 7.89. The summed E-state index contributed by atoms with van der Waals surface area (Å²) in [6.07, 6.45) is -0.117. The molecule has 0 radical (unpaired) electrons. The summed E-state index contributed by atoms with van der Waals surface area (Å²) < 4.78 is 36.8. The Bertz CT molecular complexity index is 541. The summed E-state index contributed by atoms with van der Waals surface area (Å²) in [7, 11) is -0.452. The number of rotatable bonds is 5. The molecule has 1 N–H and O–H groups in total. The third-order valence-corrected chi connectivity index (χ3v) is 5.03. The van der Waals surface area contributed by atoms with E-state index in [1.807, 2.05) is 0 Å². The molecule has 1 aliphatic heterocycles. The van der Waals surface area contributed by atoms with Crippen molar-refractivity contribution in [3.8, 4) is 5.75 Å². The number of hydrogen-bond donors (Lipinski definition) is 1. The summed E-state index contributed by atoms with van der Waals surface area (Å²) in [4.78, 5) is 0.225. The van der Waals surface area contributed by atoms with Gasteiger partial charge in [0.1, 0.15) is 5.75 Å². The number of ether oxygens (including phenoxy) is 2. The van der Waals surface area contributed by atoms with Crippen LogP contribution in [-0.4, -0.2) is 59.2 Å². The number of sulfonamides is 1. The van der Waals surface area contributed by atoms with Gasteiger partial charge in [0.15, 0.2) is 0 Å². The Kier molecular flexibility index (Phi) is 4.98. The van der Waals surface area contributed by atoms with E-state index < -0.39 is 10.0 Å². The van der Waals surface area contributed by atoms with Gasteiger partial charge < -0.3 is 14.8 Å². The van der Waals surface area contributed by atoms with Crippen LogP contribution >= 0.6 is 0 Å². The van der Waals surface area contributed by atoms with Gasteiger partial charge >= 0.3 is 0 Å². The molecule has 1 fully saturated rings. The number of likely N-dealkylation sites (N-methyl/N-ethyl adjacent to an activating group) is 1. The minimum atomic E-state index is -3.53. The Hall–Kier alpha value is -1.15. The SMILES string of the molecule is COc1cccc(S(=O)(=O)N(C)CC2CNCCO2)c1. The summed E-state index contributed by atoms with van der Waals surface area (Å²) in [6, 6.07) is 6.46. The molecule has 0 amide bonds. The van der Waals surface area contributed by atoms with Crippen molar-refractivity contribution in [3.63, 3.8) is 0 Å². The zero-order chi connectivity index (χ0) is 14.6. The van der Waals surface area contributed by atoms with E-state index >= 15 is 0 Å². The van der Waals surface area contributed by atoms with E-state index in [2.05, 4.69) is 5.32 Å². The van der Waals surface area contributed by atoms with Gasteiger partial charge in [0.2, 0.25) is 10.0 Å². The monoisotopic (exact) mass is 300 g/mol. The van der Waals surface area contributed by atoms with E-state index in [1.54, 1.807) is 25.2 Å². The van der Waals surface area contributed by atoms with Crippen LogP contribution in [-0.2, 0) is 14.8 Å². The number of benzene rings is 1. The Balaban J connectivity index is 2.11. The first kappa shape index (κ1) is 15.2. The molecule has 1 unspecified atom stereocenters. The number of nitrogens with zero attached hydrogens (tertiary/aromatic N) is 1. The lowest BCUT2D eigenvalue weighted by molar-refractivity contribution is 0.0206. The fourth-order valence-corrected chi connectivity index (χ4v) is 3.30. The zero-order valence-corrected chi connectivity index (χ0v) is 12.5. The minimum Gasteiger partial charge on any atom is -0.497 e. The van der Waals surface area contributed by atoms with Crippen LogP contribution in [0.3, 0.4) is 0 Å². The second-order valence-corrected chi connectivity index (χ2v) is 6.71. The molecular weight excluding hydrogens is 280 g/mol. The van der Waals surface area contributed by atoms with Crippen LogP contribution in [0.5, 0.6) is 5.75 Å². The second kappa shape index (κ2) is 6.53. The van der Waals surface area contributed by atoms with Crippen molar-refractivity contribution >= 4 is 10.0 Å². The lowest BCUT2D eigenvalue weighted by Crippen LogP contribution is -2.45. The lowest BCUT2D eigenvalue weighted by atomic mass is 10.3. The maximum absolute atomic E-state index is 12.5. The molecule has 1 heterocycles. The van der Waals surface area contributed by atoms with Crippen LogP contribution in [0.1, 0.15) is 0 Å². The quantitative estimate of drug-likeness (QED) is 0.847. The molecule has 20 heavy (non-hydrogen) atoms. The minimum absolute atomic E-state index is 0.117. The lowest BCUT2D eigenvalue weighted by Gasteiger charge is -2.27. The number of morpholine rings is 1. The predicted octanol–water partition coefficient (Wildman–Crippen LogP) is 0.304. The van der Waals surface area contributed by atoms with Crippen molar-refractivity contribution in [1.82, 2.24) is 9.62 Å². The first-order valence-electron chi connectivity index (χ1n) is 6.47. The van der Waals surface area contributed by atoms with Gasteiger partial charge in [-0.25, -0.2) is 8.42 Å². The Morgan fingerprint density at radius 2 is 2.30 bits per heavy atom. The number of methoxy groups -OCH3 is 1. The summed E-state index contributed by atoms with van der Waals surface area (Å²) in [6.45, 7) is 2.41. The smallest absolute Gasteiger partial charge is 0.243 e. The molecule has 1 saturated heterocycles. The maximum atomic E-state index is 12.5. The summed E-state index contributed by atoms with van der Waals surface area (Å²) in [5.74, 6) is 0.523. The van der Waals surface area contributed by atoms with Crippen molar-refractivity contribution in [2.24, 2.45) is 0 Å². The van der Waals surface area contributed by atoms with E-state index in [-0.39, 0.29) is 11.0 Å². The van der Waals surface area contributed by atoms with Gasteiger partial charge in [-0.3, -0.25) is 0 Å². The van der Waals surface area contributed by atoms with Crippen molar-refractivity contribution in [1.29, 1.82) is 0 Å². The fraction of sp³-hybridized carbons (Fsp3) is 0.538. The topological polar surface area (TPSA) is 67.9 Å². The number of hydrogen-bond acceptors (Lipinski definition) is 5. The van der Waals surface area contributed by atoms with Crippen LogP contribution in [0.4, 0.5) is 0 Å². The molecule has 6 nitrogen and oxygen atoms in total. The third-order valence-electron chi connectivity index (χ3n) is 3.21. The Labute approximate surface area is 119 Å². The maximum Gasteiger partial charge on any atom is 0.243 e. The molecule has 0 bridgehead atoms. The molecule has 1 aromatic rings. The van der Waals surface area contributed by atoms with Crippen LogP contribution in [0.25, 0.3) is 0 Å². The van der Waals surface area contributed by atoms with Crippen LogP contribution < -0.4 is 10.1 Å². The zero-order valence-electron chi connectivity index (χ0n) is 11.7. The fourth-order valence-electron chi connectivity index (χ4n) is 2.06. The van der Waals surface area contributed by atoms with Gasteiger partial charge in [-0.2, -0.15) is 4.31 Å². The average molecular weight is 300 g/mol. The van der Waals surface area contributed by atoms with E-state index in [0.717, 1.165) is 6.54 Å². The highest BCUT2D eigenvalue weighted by Gasteiger charge is 2.25. The molecule has 0 spiro atoms. The number of nitrogens with one attached hydrogen (secondary N) is 1. The van der Waals surface area contributed by atoms with Gasteiger partial charge in [-0.15, -0.1) is 0 Å². The molecule has 0 saturated carbocycles. The van der Waals surface area contributed by atoms with Crippen LogP contribution in [0, 0.1) is 0 Å². The third kappa shape index (κ3) is 3.49. The van der Waals surface area contributed by atoms with Gasteiger partial charge in [0, 0.05) is 32.7 Å². The van der Waals surface area contributed by atoms with Crippen molar-refractivity contribution in [2.45, 2.75) is 11.0 Å². The average Bonchev–Trinajstić information content (AvgIpc) is 2.48. The normalized spacial score (nSPS) is 20.1. The largest absolute Gasteiger partial charge is 0.497 e.